The number of hydrogen-bond donors (Lipinski definition) is 0. The third-order valence-corrected chi connectivity index (χ3v) is 4.00. The molecule has 0 unspecified atom stereocenters. The van der Waals surface area contributed by atoms with Crippen molar-refractivity contribution < 1.29 is 27.8 Å². The average Bonchev–Trinajstić information content (AvgIpc) is 2.74. The molecule has 0 amide bonds. The SMILES string of the molecule is COc1cc(/C=C/C(=O)Oc2ccc(-c3ccccc3)cc2)ccc1OC(F)F. The molecule has 0 aliphatic carbocycles. The van der Waals surface area contributed by atoms with Gasteiger partial charge in [0.2, 0.25) is 0 Å². The predicted octanol–water partition coefficient (Wildman–Crippen LogP) is 5.58. The number of halogens is 2. The van der Waals surface area contributed by atoms with Gasteiger partial charge < -0.3 is 14.2 Å². The molecule has 0 bridgehead atoms. The van der Waals surface area contributed by atoms with Gasteiger partial charge in [-0.25, -0.2) is 4.79 Å². The highest BCUT2D eigenvalue weighted by Crippen LogP contribution is 2.30. The molecule has 0 heterocycles. The Morgan fingerprint density at radius 1 is 0.897 bits per heavy atom. The summed E-state index contributed by atoms with van der Waals surface area (Å²) >= 11 is 0. The van der Waals surface area contributed by atoms with E-state index in [1.54, 1.807) is 12.1 Å². The van der Waals surface area contributed by atoms with E-state index in [1.807, 2.05) is 42.5 Å². The lowest BCUT2D eigenvalue weighted by molar-refractivity contribution is -0.128. The standard InChI is InChI=1S/C23H18F2O4/c1-27-21-15-16(7-13-20(21)29-23(24)25)8-14-22(26)28-19-11-9-18(10-12-19)17-5-3-2-4-6-17/h2-15,23H,1H3/b14-8+. The quantitative estimate of drug-likeness (QED) is 0.297. The Hall–Kier alpha value is -3.67. The Balaban J connectivity index is 1.63. The monoisotopic (exact) mass is 396 g/mol. The van der Waals surface area contributed by atoms with Crippen molar-refractivity contribution in [3.8, 4) is 28.4 Å². The fraction of sp³-hybridized carbons (Fsp3) is 0.0870. The second kappa shape index (κ2) is 9.50. The number of ether oxygens (including phenoxy) is 3. The van der Waals surface area contributed by atoms with Crippen molar-refractivity contribution in [3.63, 3.8) is 0 Å². The van der Waals surface area contributed by atoms with E-state index < -0.39 is 12.6 Å². The third kappa shape index (κ3) is 5.65. The van der Waals surface area contributed by atoms with Crippen LogP contribution in [0.3, 0.4) is 0 Å². The lowest BCUT2D eigenvalue weighted by Gasteiger charge is -2.10. The van der Waals surface area contributed by atoms with E-state index >= 15 is 0 Å². The van der Waals surface area contributed by atoms with Gasteiger partial charge in [0, 0.05) is 6.08 Å². The van der Waals surface area contributed by atoms with Crippen molar-refractivity contribution >= 4 is 12.0 Å². The number of carbonyl (C=O) groups excluding carboxylic acids is 1. The summed E-state index contributed by atoms with van der Waals surface area (Å²) in [6.45, 7) is -2.95. The Bertz CT molecular complexity index is 984. The van der Waals surface area contributed by atoms with Crippen molar-refractivity contribution in [1.29, 1.82) is 0 Å². The zero-order valence-electron chi connectivity index (χ0n) is 15.5. The van der Waals surface area contributed by atoms with E-state index in [0.29, 0.717) is 11.3 Å². The largest absolute Gasteiger partial charge is 0.493 e. The Morgan fingerprint density at radius 3 is 2.24 bits per heavy atom. The molecule has 0 radical (unpaired) electrons. The fourth-order valence-corrected chi connectivity index (χ4v) is 2.64. The smallest absolute Gasteiger partial charge is 0.387 e. The van der Waals surface area contributed by atoms with Crippen molar-refractivity contribution in [2.24, 2.45) is 0 Å². The first kappa shape index (κ1) is 20.1. The molecule has 0 saturated carbocycles. The normalized spacial score (nSPS) is 10.9. The molecule has 6 heteroatoms. The molecule has 3 aromatic carbocycles. The molecule has 0 atom stereocenters. The fourth-order valence-electron chi connectivity index (χ4n) is 2.64. The molecule has 0 aliphatic rings. The summed E-state index contributed by atoms with van der Waals surface area (Å²) in [4.78, 5) is 12.0. The van der Waals surface area contributed by atoms with Gasteiger partial charge in [-0.05, 0) is 47.0 Å². The van der Waals surface area contributed by atoms with Crippen molar-refractivity contribution in [3.05, 3.63) is 84.4 Å². The van der Waals surface area contributed by atoms with Crippen LogP contribution in [0, 0.1) is 0 Å². The number of hydrogen-bond acceptors (Lipinski definition) is 4. The maximum Gasteiger partial charge on any atom is 0.387 e. The van der Waals surface area contributed by atoms with Crippen LogP contribution in [0.2, 0.25) is 0 Å². The summed E-state index contributed by atoms with van der Waals surface area (Å²) in [6, 6.07) is 21.4. The number of methoxy groups -OCH3 is 1. The Kier molecular flexibility index (Phi) is 6.58. The van der Waals surface area contributed by atoms with Crippen LogP contribution in [0.1, 0.15) is 5.56 Å². The van der Waals surface area contributed by atoms with E-state index in [0.717, 1.165) is 11.1 Å². The van der Waals surface area contributed by atoms with Crippen LogP contribution >= 0.6 is 0 Å². The highest BCUT2D eigenvalue weighted by molar-refractivity contribution is 5.89. The van der Waals surface area contributed by atoms with Crippen molar-refractivity contribution in [1.82, 2.24) is 0 Å². The van der Waals surface area contributed by atoms with E-state index in [1.165, 1.54) is 37.5 Å². The van der Waals surface area contributed by atoms with Gasteiger partial charge in [0.05, 0.1) is 7.11 Å². The number of alkyl halides is 2. The van der Waals surface area contributed by atoms with Gasteiger partial charge in [-0.15, -0.1) is 0 Å². The van der Waals surface area contributed by atoms with Crippen LogP contribution < -0.4 is 14.2 Å². The molecule has 0 saturated heterocycles. The number of rotatable bonds is 7. The molecule has 0 N–H and O–H groups in total. The number of carbonyl (C=O) groups is 1. The maximum absolute atomic E-state index is 12.4. The molecule has 0 spiro atoms. The zero-order chi connectivity index (χ0) is 20.6. The highest BCUT2D eigenvalue weighted by Gasteiger charge is 2.10. The summed E-state index contributed by atoms with van der Waals surface area (Å²) in [5, 5.41) is 0. The minimum Gasteiger partial charge on any atom is -0.493 e. The topological polar surface area (TPSA) is 44.8 Å². The molecular formula is C23H18F2O4. The van der Waals surface area contributed by atoms with Gasteiger partial charge in [0.15, 0.2) is 11.5 Å². The first-order valence-electron chi connectivity index (χ1n) is 8.73. The Labute approximate surface area is 167 Å². The second-order valence-electron chi connectivity index (χ2n) is 5.93. The summed E-state index contributed by atoms with van der Waals surface area (Å²) in [6.07, 6.45) is 2.74. The van der Waals surface area contributed by atoms with Crippen LogP contribution in [-0.2, 0) is 4.79 Å². The van der Waals surface area contributed by atoms with Crippen LogP contribution in [-0.4, -0.2) is 19.7 Å². The summed E-state index contributed by atoms with van der Waals surface area (Å²) < 4.78 is 39.4. The van der Waals surface area contributed by atoms with Crippen LogP contribution in [0.5, 0.6) is 17.2 Å². The van der Waals surface area contributed by atoms with E-state index in [9.17, 15) is 13.6 Å². The van der Waals surface area contributed by atoms with Crippen LogP contribution in [0.25, 0.3) is 17.2 Å². The zero-order valence-corrected chi connectivity index (χ0v) is 15.5. The lowest BCUT2D eigenvalue weighted by atomic mass is 10.1. The number of benzene rings is 3. The molecular weight excluding hydrogens is 378 g/mol. The summed E-state index contributed by atoms with van der Waals surface area (Å²) in [7, 11) is 1.34. The average molecular weight is 396 g/mol. The molecule has 0 aromatic heterocycles. The lowest BCUT2D eigenvalue weighted by Crippen LogP contribution is -2.04. The van der Waals surface area contributed by atoms with E-state index in [4.69, 9.17) is 9.47 Å². The molecule has 3 aromatic rings. The first-order chi connectivity index (χ1) is 14.0. The molecule has 0 aliphatic heterocycles. The first-order valence-corrected chi connectivity index (χ1v) is 8.73. The van der Waals surface area contributed by atoms with Gasteiger partial charge >= 0.3 is 12.6 Å². The van der Waals surface area contributed by atoms with Gasteiger partial charge in [-0.2, -0.15) is 8.78 Å². The summed E-state index contributed by atoms with van der Waals surface area (Å²) in [5.74, 6) is -0.0972. The van der Waals surface area contributed by atoms with Crippen molar-refractivity contribution in [2.75, 3.05) is 7.11 Å². The second-order valence-corrected chi connectivity index (χ2v) is 5.93. The van der Waals surface area contributed by atoms with Crippen LogP contribution in [0.4, 0.5) is 8.78 Å². The summed E-state index contributed by atoms with van der Waals surface area (Å²) in [5.41, 5.74) is 2.65. The van der Waals surface area contributed by atoms with Gasteiger partial charge in [0.25, 0.3) is 0 Å². The minimum atomic E-state index is -2.95. The maximum atomic E-state index is 12.4. The van der Waals surface area contributed by atoms with E-state index in [-0.39, 0.29) is 11.5 Å². The Morgan fingerprint density at radius 2 is 1.59 bits per heavy atom. The highest BCUT2D eigenvalue weighted by atomic mass is 19.3. The molecule has 0 fully saturated rings. The molecule has 148 valence electrons. The molecule has 29 heavy (non-hydrogen) atoms. The predicted molar refractivity (Wildman–Crippen MR) is 106 cm³/mol. The third-order valence-electron chi connectivity index (χ3n) is 4.00. The minimum absolute atomic E-state index is 0.0827. The molecule has 4 nitrogen and oxygen atoms in total. The van der Waals surface area contributed by atoms with Crippen molar-refractivity contribution in [2.45, 2.75) is 6.61 Å². The van der Waals surface area contributed by atoms with Gasteiger partial charge in [-0.1, -0.05) is 48.5 Å². The van der Waals surface area contributed by atoms with Gasteiger partial charge in [-0.3, -0.25) is 0 Å². The van der Waals surface area contributed by atoms with E-state index in [2.05, 4.69) is 4.74 Å². The molecule has 3 rings (SSSR count). The van der Waals surface area contributed by atoms with Crippen LogP contribution in [0.15, 0.2) is 78.9 Å². The number of esters is 1. The van der Waals surface area contributed by atoms with Gasteiger partial charge in [0.1, 0.15) is 5.75 Å².